The maximum atomic E-state index is 13.8. The number of Topliss-reactive ketones (excluding diaryl/α,β-unsaturated/α-hetero) is 1. The van der Waals surface area contributed by atoms with Gasteiger partial charge in [-0.1, -0.05) is 54.6 Å². The molecule has 3 atom stereocenters. The number of halogens is 2. The first-order valence-electron chi connectivity index (χ1n) is 14.5. The normalized spacial score (nSPS) is 27.6. The molecule has 0 heterocycles. The fourth-order valence-electron chi connectivity index (χ4n) is 7.52. The lowest BCUT2D eigenvalue weighted by Gasteiger charge is -2.48. The number of nitrogens with zero attached hydrogens (tertiary/aromatic N) is 3. The van der Waals surface area contributed by atoms with E-state index in [4.69, 9.17) is 16.6 Å². The summed E-state index contributed by atoms with van der Waals surface area (Å²) < 4.78 is 27.5. The van der Waals surface area contributed by atoms with Crippen LogP contribution in [0.4, 0.5) is 8.78 Å². The van der Waals surface area contributed by atoms with Crippen molar-refractivity contribution in [2.24, 2.45) is 26.7 Å². The van der Waals surface area contributed by atoms with Crippen LogP contribution in [-0.4, -0.2) is 23.7 Å². The molecule has 3 aromatic carbocycles. The standard InChI is InChI=1S/C33H34F2N6O2/c34-26-10-6-22(7-11-26)29(23-8-12-27(35)13-9-23)24(21-42)14-15-31(40-37)16-18-32(19-17-31)30(43)28(39-36)20-33(32,41-38)25-4-2-1-3-5-25/h1-13,21,24,28-29,36-38H,14-20H2. The third-order valence-electron chi connectivity index (χ3n) is 9.93. The summed E-state index contributed by atoms with van der Waals surface area (Å²) in [6.07, 6.45) is 3.17. The summed E-state index contributed by atoms with van der Waals surface area (Å²) in [6, 6.07) is 20.2. The average molecular weight is 585 g/mol. The van der Waals surface area contributed by atoms with Gasteiger partial charge in [0.2, 0.25) is 0 Å². The number of rotatable bonds is 11. The molecular formula is C33H34F2N6O2. The molecule has 3 unspecified atom stereocenters. The Kier molecular flexibility index (Phi) is 8.48. The Labute approximate surface area is 248 Å². The van der Waals surface area contributed by atoms with Crippen molar-refractivity contribution in [2.75, 3.05) is 0 Å². The van der Waals surface area contributed by atoms with E-state index in [0.717, 1.165) is 23.0 Å². The highest BCUT2D eigenvalue weighted by Gasteiger charge is 2.67. The molecular weight excluding hydrogens is 550 g/mol. The molecule has 3 aromatic rings. The van der Waals surface area contributed by atoms with Crippen LogP contribution < -0.4 is 0 Å². The van der Waals surface area contributed by atoms with E-state index < -0.39 is 46.0 Å². The fourth-order valence-corrected chi connectivity index (χ4v) is 7.52. The zero-order chi connectivity index (χ0) is 30.7. The lowest BCUT2D eigenvalue weighted by molar-refractivity contribution is -0.132. The third kappa shape index (κ3) is 5.23. The summed E-state index contributed by atoms with van der Waals surface area (Å²) in [5.74, 6) is -2.02. The van der Waals surface area contributed by atoms with Crippen LogP contribution in [0, 0.1) is 39.6 Å². The average Bonchev–Trinajstić information content (AvgIpc) is 3.29. The smallest absolute Gasteiger partial charge is 0.168 e. The lowest BCUT2D eigenvalue weighted by atomic mass is 9.57. The number of hydrogen-bond donors (Lipinski definition) is 3. The van der Waals surface area contributed by atoms with Gasteiger partial charge in [0.25, 0.3) is 0 Å². The molecule has 0 radical (unpaired) electrons. The van der Waals surface area contributed by atoms with Crippen LogP contribution >= 0.6 is 0 Å². The van der Waals surface area contributed by atoms with Crippen molar-refractivity contribution in [3.63, 3.8) is 0 Å². The van der Waals surface area contributed by atoms with Crippen LogP contribution in [0.2, 0.25) is 0 Å². The van der Waals surface area contributed by atoms with Crippen molar-refractivity contribution in [1.29, 1.82) is 16.6 Å². The Morgan fingerprint density at radius 3 is 1.84 bits per heavy atom. The second kappa shape index (κ2) is 12.1. The summed E-state index contributed by atoms with van der Waals surface area (Å²) in [6.45, 7) is 0. The fraction of sp³-hybridized carbons (Fsp3) is 0.394. The Hall–Kier alpha value is -4.34. The van der Waals surface area contributed by atoms with E-state index in [1.807, 2.05) is 30.3 Å². The van der Waals surface area contributed by atoms with Crippen molar-refractivity contribution in [3.8, 4) is 0 Å². The number of benzene rings is 3. The first-order valence-corrected chi connectivity index (χ1v) is 14.5. The Morgan fingerprint density at radius 2 is 1.37 bits per heavy atom. The quantitative estimate of drug-likeness (QED) is 0.154. The van der Waals surface area contributed by atoms with Gasteiger partial charge in [-0.25, -0.2) is 25.4 Å². The molecule has 2 aliphatic carbocycles. The zero-order valence-electron chi connectivity index (χ0n) is 23.7. The number of hydrogen-bond acceptors (Lipinski definition) is 8. The summed E-state index contributed by atoms with van der Waals surface area (Å²) in [7, 11) is 0. The van der Waals surface area contributed by atoms with Crippen molar-refractivity contribution < 1.29 is 18.4 Å². The van der Waals surface area contributed by atoms with E-state index in [1.165, 1.54) is 24.3 Å². The number of aldehydes is 1. The second-order valence-corrected chi connectivity index (χ2v) is 11.9. The van der Waals surface area contributed by atoms with Gasteiger partial charge in [-0.2, -0.15) is 15.3 Å². The largest absolute Gasteiger partial charge is 0.303 e. The first kappa shape index (κ1) is 30.1. The second-order valence-electron chi connectivity index (χ2n) is 11.9. The maximum absolute atomic E-state index is 13.8. The molecule has 2 fully saturated rings. The summed E-state index contributed by atoms with van der Waals surface area (Å²) in [5, 5.41) is 11.8. The number of carbonyl (C=O) groups excluding carboxylic acids is 2. The molecule has 43 heavy (non-hydrogen) atoms. The van der Waals surface area contributed by atoms with Crippen LogP contribution in [0.25, 0.3) is 0 Å². The molecule has 10 heteroatoms. The Morgan fingerprint density at radius 1 is 0.814 bits per heavy atom. The molecule has 0 amide bonds. The van der Waals surface area contributed by atoms with E-state index in [9.17, 15) is 18.4 Å². The highest BCUT2D eigenvalue weighted by atomic mass is 19.1. The summed E-state index contributed by atoms with van der Waals surface area (Å²) >= 11 is 0. The van der Waals surface area contributed by atoms with Crippen LogP contribution in [0.1, 0.15) is 67.6 Å². The van der Waals surface area contributed by atoms with Crippen LogP contribution in [0.3, 0.4) is 0 Å². The summed E-state index contributed by atoms with van der Waals surface area (Å²) in [5.41, 5.74) is 23.3. The minimum Gasteiger partial charge on any atom is -0.303 e. The molecule has 8 nitrogen and oxygen atoms in total. The zero-order valence-corrected chi connectivity index (χ0v) is 23.7. The predicted octanol–water partition coefficient (Wildman–Crippen LogP) is 8.32. The lowest BCUT2D eigenvalue weighted by Crippen LogP contribution is -2.50. The van der Waals surface area contributed by atoms with Gasteiger partial charge in [0.1, 0.15) is 29.5 Å². The van der Waals surface area contributed by atoms with Gasteiger partial charge in [0.15, 0.2) is 5.78 Å². The van der Waals surface area contributed by atoms with Gasteiger partial charge in [-0.05, 0) is 79.5 Å². The van der Waals surface area contributed by atoms with Gasteiger partial charge in [-0.15, -0.1) is 0 Å². The maximum Gasteiger partial charge on any atom is 0.168 e. The SMILES string of the molecule is N=NC1CC(N=N)(c2ccccc2)C2(CCC(CCC(C=O)C(c3ccc(F)cc3)c3ccc(F)cc3)(N=N)CC2)C1=O. The molecule has 2 saturated carbocycles. The van der Waals surface area contributed by atoms with Gasteiger partial charge >= 0.3 is 0 Å². The van der Waals surface area contributed by atoms with Crippen molar-refractivity contribution >= 4 is 12.1 Å². The molecule has 0 saturated heterocycles. The molecule has 222 valence electrons. The molecule has 1 spiro atoms. The van der Waals surface area contributed by atoms with Crippen LogP contribution in [-0.2, 0) is 15.1 Å². The number of ketones is 1. The highest BCUT2D eigenvalue weighted by Crippen LogP contribution is 2.62. The highest BCUT2D eigenvalue weighted by molar-refractivity contribution is 5.94. The third-order valence-corrected chi connectivity index (χ3v) is 9.93. The van der Waals surface area contributed by atoms with E-state index in [2.05, 4.69) is 15.3 Å². The van der Waals surface area contributed by atoms with Crippen molar-refractivity contribution in [2.45, 2.75) is 68.0 Å². The van der Waals surface area contributed by atoms with Crippen molar-refractivity contribution in [3.05, 3.63) is 107 Å². The molecule has 0 aliphatic heterocycles. The van der Waals surface area contributed by atoms with E-state index in [1.54, 1.807) is 24.3 Å². The van der Waals surface area contributed by atoms with Gasteiger partial charge in [-0.3, -0.25) is 4.79 Å². The topological polar surface area (TPSA) is 143 Å². The minimum atomic E-state index is -1.16. The van der Waals surface area contributed by atoms with Gasteiger partial charge in [0, 0.05) is 18.3 Å². The number of carbonyl (C=O) groups is 2. The molecule has 0 aromatic heterocycles. The Bertz CT molecular complexity index is 1440. The van der Waals surface area contributed by atoms with Crippen LogP contribution in [0.15, 0.2) is 94.2 Å². The van der Waals surface area contributed by atoms with E-state index in [0.29, 0.717) is 38.5 Å². The molecule has 3 N–H and O–H groups in total. The van der Waals surface area contributed by atoms with Crippen molar-refractivity contribution in [1.82, 2.24) is 0 Å². The van der Waals surface area contributed by atoms with Crippen LogP contribution in [0.5, 0.6) is 0 Å². The molecule has 0 bridgehead atoms. The molecule has 5 rings (SSSR count). The summed E-state index contributed by atoms with van der Waals surface area (Å²) in [4.78, 5) is 26.3. The first-order chi connectivity index (χ1) is 20.8. The van der Waals surface area contributed by atoms with Gasteiger partial charge < -0.3 is 4.79 Å². The number of nitrogens with one attached hydrogen (secondary N) is 3. The Balaban J connectivity index is 1.42. The minimum absolute atomic E-state index is 0.151. The molecule has 2 aliphatic rings. The van der Waals surface area contributed by atoms with Gasteiger partial charge in [0.05, 0.1) is 11.0 Å². The van der Waals surface area contributed by atoms with E-state index in [-0.39, 0.29) is 12.2 Å². The monoisotopic (exact) mass is 584 g/mol. The predicted molar refractivity (Wildman–Crippen MR) is 154 cm³/mol. The van der Waals surface area contributed by atoms with E-state index >= 15 is 0 Å².